The lowest BCUT2D eigenvalue weighted by molar-refractivity contribution is 0.182. The molecule has 3 rings (SSSR count). The predicted molar refractivity (Wildman–Crippen MR) is 92.1 cm³/mol. The van der Waals surface area contributed by atoms with E-state index in [1.807, 2.05) is 0 Å². The zero-order chi connectivity index (χ0) is 16.2. The quantitative estimate of drug-likeness (QED) is 0.852. The van der Waals surface area contributed by atoms with Gasteiger partial charge < -0.3 is 9.88 Å². The average molecular weight is 318 g/mol. The van der Waals surface area contributed by atoms with Crippen LogP contribution < -0.4 is 0 Å². The maximum Gasteiger partial charge on any atom is 0.125 e. The van der Waals surface area contributed by atoms with Gasteiger partial charge in [0, 0.05) is 25.6 Å². The maximum absolute atomic E-state index is 13.3. The van der Waals surface area contributed by atoms with E-state index in [0.29, 0.717) is 6.04 Å². The van der Waals surface area contributed by atoms with Gasteiger partial charge in [0.15, 0.2) is 0 Å². The fourth-order valence-corrected chi connectivity index (χ4v) is 3.61. The largest absolute Gasteiger partial charge is 0.342 e. The van der Waals surface area contributed by atoms with Crippen molar-refractivity contribution in [3.05, 3.63) is 29.8 Å². The number of likely N-dealkylation sites (tertiary alicyclic amines) is 1. The van der Waals surface area contributed by atoms with E-state index in [2.05, 4.69) is 33.6 Å². The second-order valence-corrected chi connectivity index (χ2v) is 6.41. The second kappa shape index (κ2) is 7.41. The molecule has 0 bridgehead atoms. The van der Waals surface area contributed by atoms with Crippen molar-refractivity contribution >= 4 is 11.0 Å². The highest BCUT2D eigenvalue weighted by atomic mass is 19.1. The normalized spacial score (nSPS) is 19.2. The Bertz CT molecular complexity index is 639. The number of aromatic nitrogens is 2. The molecule has 1 N–H and O–H groups in total. The minimum absolute atomic E-state index is 0.219. The van der Waals surface area contributed by atoms with E-state index in [1.165, 1.54) is 31.5 Å². The van der Waals surface area contributed by atoms with Gasteiger partial charge in [-0.05, 0) is 50.7 Å². The van der Waals surface area contributed by atoms with Gasteiger partial charge in [0.05, 0.1) is 11.0 Å². The van der Waals surface area contributed by atoms with Gasteiger partial charge >= 0.3 is 0 Å². The van der Waals surface area contributed by atoms with Crippen molar-refractivity contribution in [3.63, 3.8) is 0 Å². The molecule has 1 aliphatic rings. The fraction of sp³-hybridized carbons (Fsp3) is 0.611. The summed E-state index contributed by atoms with van der Waals surface area (Å²) in [5, 5.41) is 0. The molecule has 0 spiro atoms. The summed E-state index contributed by atoms with van der Waals surface area (Å²) in [5.41, 5.74) is 1.63. The molecule has 5 heteroatoms. The van der Waals surface area contributed by atoms with Gasteiger partial charge in [-0.1, -0.05) is 13.8 Å². The lowest BCUT2D eigenvalue weighted by atomic mass is 10.2. The summed E-state index contributed by atoms with van der Waals surface area (Å²) in [6, 6.07) is 5.41. The fourth-order valence-electron chi connectivity index (χ4n) is 3.61. The number of nitrogens with zero attached hydrogens (tertiary/aromatic N) is 3. The summed E-state index contributed by atoms with van der Waals surface area (Å²) in [6.07, 6.45) is 3.52. The Labute approximate surface area is 137 Å². The SMILES string of the molecule is CCN(CCc1nc2ccc(F)cc2[nH]1)CC1CCCN1CC. The van der Waals surface area contributed by atoms with Crippen LogP contribution in [0, 0.1) is 5.82 Å². The Hall–Kier alpha value is -1.46. The van der Waals surface area contributed by atoms with Gasteiger partial charge in [0.1, 0.15) is 11.6 Å². The number of benzene rings is 1. The molecule has 1 atom stereocenters. The van der Waals surface area contributed by atoms with E-state index < -0.39 is 0 Å². The van der Waals surface area contributed by atoms with Crippen molar-refractivity contribution in [2.24, 2.45) is 0 Å². The molecule has 1 aliphatic heterocycles. The van der Waals surface area contributed by atoms with Crippen LogP contribution in [0.25, 0.3) is 11.0 Å². The monoisotopic (exact) mass is 318 g/mol. The molecule has 2 heterocycles. The van der Waals surface area contributed by atoms with Crippen molar-refractivity contribution in [1.82, 2.24) is 19.8 Å². The molecule has 1 unspecified atom stereocenters. The number of hydrogen-bond acceptors (Lipinski definition) is 3. The summed E-state index contributed by atoms with van der Waals surface area (Å²) in [6.45, 7) is 10.1. The van der Waals surface area contributed by atoms with Crippen molar-refractivity contribution in [1.29, 1.82) is 0 Å². The Morgan fingerprint density at radius 2 is 2.26 bits per heavy atom. The van der Waals surface area contributed by atoms with E-state index in [4.69, 9.17) is 0 Å². The lowest BCUT2D eigenvalue weighted by Crippen LogP contribution is -2.41. The van der Waals surface area contributed by atoms with Crippen LogP contribution in [0.5, 0.6) is 0 Å². The molecule has 2 aromatic rings. The highest BCUT2D eigenvalue weighted by molar-refractivity contribution is 5.74. The first kappa shape index (κ1) is 16.4. The van der Waals surface area contributed by atoms with Crippen LogP contribution in [0.15, 0.2) is 18.2 Å². The zero-order valence-electron chi connectivity index (χ0n) is 14.2. The van der Waals surface area contributed by atoms with E-state index in [9.17, 15) is 4.39 Å². The number of halogens is 1. The molecule has 23 heavy (non-hydrogen) atoms. The maximum atomic E-state index is 13.3. The molecule has 0 aliphatic carbocycles. The molecule has 126 valence electrons. The van der Waals surface area contributed by atoms with Crippen molar-refractivity contribution in [3.8, 4) is 0 Å². The van der Waals surface area contributed by atoms with Crippen LogP contribution >= 0.6 is 0 Å². The van der Waals surface area contributed by atoms with E-state index in [-0.39, 0.29) is 5.82 Å². The Kier molecular flexibility index (Phi) is 5.28. The Balaban J connectivity index is 1.58. The number of nitrogens with one attached hydrogen (secondary N) is 1. The second-order valence-electron chi connectivity index (χ2n) is 6.41. The molecule has 1 aromatic carbocycles. The van der Waals surface area contributed by atoms with Gasteiger partial charge in [-0.25, -0.2) is 9.37 Å². The topological polar surface area (TPSA) is 35.2 Å². The number of likely N-dealkylation sites (N-methyl/N-ethyl adjacent to an activating group) is 2. The average Bonchev–Trinajstić information content (AvgIpc) is 3.16. The molecule has 1 fully saturated rings. The standard InChI is InChI=1S/C18H27FN4/c1-3-22(13-15-6-5-10-23(15)4-2)11-9-18-20-16-8-7-14(19)12-17(16)21-18/h7-8,12,15H,3-6,9-11,13H2,1-2H3,(H,20,21). The first-order valence-corrected chi connectivity index (χ1v) is 8.80. The number of aromatic amines is 1. The molecule has 1 saturated heterocycles. The highest BCUT2D eigenvalue weighted by Crippen LogP contribution is 2.18. The third kappa shape index (κ3) is 3.90. The van der Waals surface area contributed by atoms with Crippen LogP contribution in [-0.4, -0.2) is 58.5 Å². The number of rotatable bonds is 7. The van der Waals surface area contributed by atoms with Gasteiger partial charge in [0.25, 0.3) is 0 Å². The molecular formula is C18H27FN4. The Morgan fingerprint density at radius 1 is 1.39 bits per heavy atom. The van der Waals surface area contributed by atoms with E-state index >= 15 is 0 Å². The van der Waals surface area contributed by atoms with Crippen LogP contribution in [0.1, 0.15) is 32.5 Å². The van der Waals surface area contributed by atoms with Crippen LogP contribution in [0.2, 0.25) is 0 Å². The summed E-state index contributed by atoms with van der Waals surface area (Å²) in [4.78, 5) is 12.9. The number of H-pyrrole nitrogens is 1. The molecule has 0 radical (unpaired) electrons. The third-order valence-corrected chi connectivity index (χ3v) is 4.98. The van der Waals surface area contributed by atoms with Gasteiger partial charge in [-0.2, -0.15) is 0 Å². The smallest absolute Gasteiger partial charge is 0.125 e. The minimum atomic E-state index is -0.219. The summed E-state index contributed by atoms with van der Waals surface area (Å²) >= 11 is 0. The van der Waals surface area contributed by atoms with Crippen LogP contribution in [0.3, 0.4) is 0 Å². The first-order valence-electron chi connectivity index (χ1n) is 8.80. The molecule has 1 aromatic heterocycles. The van der Waals surface area contributed by atoms with Crippen molar-refractivity contribution in [2.75, 3.05) is 32.7 Å². The summed E-state index contributed by atoms with van der Waals surface area (Å²) in [7, 11) is 0. The highest BCUT2D eigenvalue weighted by Gasteiger charge is 2.24. The Morgan fingerprint density at radius 3 is 3.04 bits per heavy atom. The lowest BCUT2D eigenvalue weighted by Gasteiger charge is -2.29. The minimum Gasteiger partial charge on any atom is -0.342 e. The van der Waals surface area contributed by atoms with Crippen molar-refractivity contribution in [2.45, 2.75) is 39.2 Å². The summed E-state index contributed by atoms with van der Waals surface area (Å²) in [5.74, 6) is 0.728. The van der Waals surface area contributed by atoms with E-state index in [0.717, 1.165) is 49.5 Å². The third-order valence-electron chi connectivity index (χ3n) is 4.98. The van der Waals surface area contributed by atoms with Crippen molar-refractivity contribution < 1.29 is 4.39 Å². The van der Waals surface area contributed by atoms with Gasteiger partial charge in [-0.3, -0.25) is 4.90 Å². The van der Waals surface area contributed by atoms with Gasteiger partial charge in [0.2, 0.25) is 0 Å². The molecule has 0 saturated carbocycles. The molecule has 0 amide bonds. The zero-order valence-corrected chi connectivity index (χ0v) is 14.2. The van der Waals surface area contributed by atoms with E-state index in [1.54, 1.807) is 6.07 Å². The first-order chi connectivity index (χ1) is 11.2. The number of imidazole rings is 1. The molecule has 4 nitrogen and oxygen atoms in total. The van der Waals surface area contributed by atoms with Crippen LogP contribution in [0.4, 0.5) is 4.39 Å². The predicted octanol–water partition coefficient (Wildman–Crippen LogP) is 3.05. The summed E-state index contributed by atoms with van der Waals surface area (Å²) < 4.78 is 13.3. The van der Waals surface area contributed by atoms with Crippen LogP contribution in [-0.2, 0) is 6.42 Å². The molecular weight excluding hydrogens is 291 g/mol. The number of hydrogen-bond donors (Lipinski definition) is 1. The van der Waals surface area contributed by atoms with Gasteiger partial charge in [-0.15, -0.1) is 0 Å². The number of fused-ring (bicyclic) bond motifs is 1.